The number of hydrogen-bond donors (Lipinski definition) is 1. The predicted molar refractivity (Wildman–Crippen MR) is 96.2 cm³/mol. The highest BCUT2D eigenvalue weighted by atomic mass is 16.2. The minimum absolute atomic E-state index is 0.0972. The molecular weight excluding hydrogens is 300 g/mol. The van der Waals surface area contributed by atoms with Gasteiger partial charge in [0.05, 0.1) is 22.4 Å². The van der Waals surface area contributed by atoms with E-state index in [1.54, 1.807) is 0 Å². The number of aromatic nitrogens is 2. The van der Waals surface area contributed by atoms with Crippen LogP contribution in [0.1, 0.15) is 48.4 Å². The second-order valence-electron chi connectivity index (χ2n) is 6.99. The average molecular weight is 326 g/mol. The van der Waals surface area contributed by atoms with Crippen molar-refractivity contribution < 1.29 is 4.79 Å². The lowest BCUT2D eigenvalue weighted by Gasteiger charge is -2.33. The molecule has 2 heterocycles. The van der Waals surface area contributed by atoms with Gasteiger partial charge in [-0.15, -0.1) is 0 Å². The Kier molecular flexibility index (Phi) is 4.81. The van der Waals surface area contributed by atoms with Crippen molar-refractivity contribution in [3.63, 3.8) is 0 Å². The molecule has 0 radical (unpaired) electrons. The number of carbonyl (C=O) groups excluding carboxylic acids is 1. The highest BCUT2D eigenvalue weighted by Crippen LogP contribution is 2.18. The van der Waals surface area contributed by atoms with E-state index >= 15 is 0 Å². The van der Waals surface area contributed by atoms with Gasteiger partial charge in [-0.05, 0) is 44.9 Å². The lowest BCUT2D eigenvalue weighted by atomic mass is 10.0. The molecule has 5 nitrogen and oxygen atoms in total. The SMILES string of the molecule is Cc1nc2ccc(C(=O)N3CCC(NC(C)C)CC3)cc2nc1C. The van der Waals surface area contributed by atoms with Crippen LogP contribution in [0.4, 0.5) is 0 Å². The largest absolute Gasteiger partial charge is 0.339 e. The molecule has 1 N–H and O–H groups in total. The fraction of sp³-hybridized carbons (Fsp3) is 0.526. The number of amides is 1. The number of fused-ring (bicyclic) bond motifs is 1. The van der Waals surface area contributed by atoms with E-state index in [1.165, 1.54) is 0 Å². The van der Waals surface area contributed by atoms with E-state index in [1.807, 2.05) is 36.9 Å². The van der Waals surface area contributed by atoms with E-state index in [0.717, 1.165) is 48.4 Å². The highest BCUT2D eigenvalue weighted by molar-refractivity contribution is 5.97. The molecule has 1 saturated heterocycles. The maximum absolute atomic E-state index is 12.8. The van der Waals surface area contributed by atoms with E-state index in [0.29, 0.717) is 17.6 Å². The molecule has 24 heavy (non-hydrogen) atoms. The number of nitrogens with one attached hydrogen (secondary N) is 1. The van der Waals surface area contributed by atoms with Crippen LogP contribution in [0.5, 0.6) is 0 Å². The minimum atomic E-state index is 0.0972. The minimum Gasteiger partial charge on any atom is -0.339 e. The van der Waals surface area contributed by atoms with Crippen LogP contribution in [0, 0.1) is 13.8 Å². The van der Waals surface area contributed by atoms with Crippen molar-refractivity contribution in [1.29, 1.82) is 0 Å². The van der Waals surface area contributed by atoms with E-state index in [4.69, 9.17) is 0 Å². The van der Waals surface area contributed by atoms with Crippen LogP contribution < -0.4 is 5.32 Å². The lowest BCUT2D eigenvalue weighted by molar-refractivity contribution is 0.0703. The van der Waals surface area contributed by atoms with E-state index in [9.17, 15) is 4.79 Å². The van der Waals surface area contributed by atoms with Crippen molar-refractivity contribution in [1.82, 2.24) is 20.2 Å². The summed E-state index contributed by atoms with van der Waals surface area (Å²) in [6.45, 7) is 9.84. The molecule has 0 spiro atoms. The topological polar surface area (TPSA) is 58.1 Å². The fourth-order valence-electron chi connectivity index (χ4n) is 3.27. The van der Waals surface area contributed by atoms with Gasteiger partial charge in [0.25, 0.3) is 5.91 Å². The Morgan fingerprint density at radius 3 is 2.38 bits per heavy atom. The first-order chi connectivity index (χ1) is 11.4. The van der Waals surface area contributed by atoms with Gasteiger partial charge < -0.3 is 10.2 Å². The molecule has 1 aromatic carbocycles. The first kappa shape index (κ1) is 16.8. The van der Waals surface area contributed by atoms with Crippen molar-refractivity contribution in [2.24, 2.45) is 0 Å². The summed E-state index contributed by atoms with van der Waals surface area (Å²) >= 11 is 0. The molecule has 2 aromatic rings. The third-order valence-corrected chi connectivity index (χ3v) is 4.67. The van der Waals surface area contributed by atoms with Gasteiger partial charge >= 0.3 is 0 Å². The summed E-state index contributed by atoms with van der Waals surface area (Å²) in [4.78, 5) is 23.8. The molecule has 1 aliphatic rings. The Labute approximate surface area is 143 Å². The summed E-state index contributed by atoms with van der Waals surface area (Å²) in [6, 6.07) is 6.64. The molecule has 1 fully saturated rings. The molecule has 1 aromatic heterocycles. The molecule has 0 atom stereocenters. The Morgan fingerprint density at radius 2 is 1.75 bits per heavy atom. The number of carbonyl (C=O) groups is 1. The summed E-state index contributed by atoms with van der Waals surface area (Å²) in [5.74, 6) is 0.0972. The van der Waals surface area contributed by atoms with Gasteiger partial charge in [0.1, 0.15) is 0 Å². The zero-order valence-corrected chi connectivity index (χ0v) is 15.0. The first-order valence-corrected chi connectivity index (χ1v) is 8.74. The van der Waals surface area contributed by atoms with Crippen molar-refractivity contribution in [3.05, 3.63) is 35.2 Å². The standard InChI is InChI=1S/C19H26N4O/c1-12(2)20-16-7-9-23(10-8-16)19(24)15-5-6-17-18(11-15)22-14(4)13(3)21-17/h5-6,11-12,16,20H,7-10H2,1-4H3. The molecule has 3 rings (SSSR count). The zero-order chi connectivity index (χ0) is 17.3. The van der Waals surface area contributed by atoms with E-state index < -0.39 is 0 Å². The van der Waals surface area contributed by atoms with Crippen molar-refractivity contribution >= 4 is 16.9 Å². The fourth-order valence-corrected chi connectivity index (χ4v) is 3.27. The molecular formula is C19H26N4O. The number of aryl methyl sites for hydroxylation is 2. The van der Waals surface area contributed by atoms with Gasteiger partial charge in [-0.1, -0.05) is 13.8 Å². The monoisotopic (exact) mass is 326 g/mol. The normalized spacial score (nSPS) is 16.1. The molecule has 5 heteroatoms. The van der Waals surface area contributed by atoms with Gasteiger partial charge in [-0.25, -0.2) is 9.97 Å². The Bertz CT molecular complexity index is 748. The first-order valence-electron chi connectivity index (χ1n) is 8.74. The van der Waals surface area contributed by atoms with Gasteiger partial charge in [-0.3, -0.25) is 4.79 Å². The third kappa shape index (κ3) is 3.56. The highest BCUT2D eigenvalue weighted by Gasteiger charge is 2.24. The van der Waals surface area contributed by atoms with Crippen molar-refractivity contribution in [2.75, 3.05) is 13.1 Å². The summed E-state index contributed by atoms with van der Waals surface area (Å²) in [6.07, 6.45) is 2.02. The number of piperidine rings is 1. The number of benzene rings is 1. The average Bonchev–Trinajstić information content (AvgIpc) is 2.55. The molecule has 1 aliphatic heterocycles. The van der Waals surface area contributed by atoms with E-state index in [2.05, 4.69) is 29.1 Å². The summed E-state index contributed by atoms with van der Waals surface area (Å²) in [7, 11) is 0. The van der Waals surface area contributed by atoms with E-state index in [-0.39, 0.29) is 5.91 Å². The molecule has 0 saturated carbocycles. The van der Waals surface area contributed by atoms with Crippen molar-refractivity contribution in [3.8, 4) is 0 Å². The van der Waals surface area contributed by atoms with Gasteiger partial charge in [0.15, 0.2) is 0 Å². The van der Waals surface area contributed by atoms with Crippen LogP contribution >= 0.6 is 0 Å². The van der Waals surface area contributed by atoms with Crippen LogP contribution in [0.25, 0.3) is 11.0 Å². The number of rotatable bonds is 3. The maximum atomic E-state index is 12.8. The maximum Gasteiger partial charge on any atom is 0.253 e. The van der Waals surface area contributed by atoms with Gasteiger partial charge in [0.2, 0.25) is 0 Å². The van der Waals surface area contributed by atoms with Gasteiger partial charge in [-0.2, -0.15) is 0 Å². The van der Waals surface area contributed by atoms with Crippen LogP contribution in [-0.2, 0) is 0 Å². The van der Waals surface area contributed by atoms with Crippen LogP contribution in [-0.4, -0.2) is 45.9 Å². The molecule has 128 valence electrons. The van der Waals surface area contributed by atoms with Crippen LogP contribution in [0.3, 0.4) is 0 Å². The van der Waals surface area contributed by atoms with Gasteiger partial charge in [0, 0.05) is 30.7 Å². The number of nitrogens with zero attached hydrogens (tertiary/aromatic N) is 3. The second-order valence-corrected chi connectivity index (χ2v) is 6.99. The Balaban J connectivity index is 1.74. The number of likely N-dealkylation sites (tertiary alicyclic amines) is 1. The van der Waals surface area contributed by atoms with Crippen molar-refractivity contribution in [2.45, 2.75) is 52.6 Å². The molecule has 0 bridgehead atoms. The molecule has 0 aliphatic carbocycles. The molecule has 0 unspecified atom stereocenters. The predicted octanol–water partition coefficient (Wildman–Crippen LogP) is 2.85. The smallest absolute Gasteiger partial charge is 0.253 e. The third-order valence-electron chi connectivity index (χ3n) is 4.67. The summed E-state index contributed by atoms with van der Waals surface area (Å²) in [5.41, 5.74) is 4.18. The van der Waals surface area contributed by atoms with Crippen LogP contribution in [0.2, 0.25) is 0 Å². The Hall–Kier alpha value is -2.01. The zero-order valence-electron chi connectivity index (χ0n) is 15.0. The Morgan fingerprint density at radius 1 is 1.12 bits per heavy atom. The quantitative estimate of drug-likeness (QED) is 0.942. The number of hydrogen-bond acceptors (Lipinski definition) is 4. The lowest BCUT2D eigenvalue weighted by Crippen LogP contribution is -2.46. The van der Waals surface area contributed by atoms with Crippen LogP contribution in [0.15, 0.2) is 18.2 Å². The second kappa shape index (κ2) is 6.85. The molecule has 1 amide bonds. The summed E-state index contributed by atoms with van der Waals surface area (Å²) < 4.78 is 0. The summed E-state index contributed by atoms with van der Waals surface area (Å²) in [5, 5.41) is 3.56.